The molecule has 0 saturated heterocycles. The van der Waals surface area contributed by atoms with Crippen LogP contribution in [0.15, 0.2) is 18.2 Å². The minimum Gasteiger partial charge on any atom is -0.383 e. The average molecular weight is 251 g/mol. The molecule has 0 spiro atoms. The van der Waals surface area contributed by atoms with Crippen LogP contribution in [0, 0.1) is 17.1 Å². The summed E-state index contributed by atoms with van der Waals surface area (Å²) in [5.41, 5.74) is 0.754. The SMILES string of the molecule is COCCN(C)CCNc1ccc(C#N)cc1F. The van der Waals surface area contributed by atoms with Crippen molar-refractivity contribution in [3.63, 3.8) is 0 Å². The molecule has 1 aromatic rings. The van der Waals surface area contributed by atoms with Crippen molar-refractivity contribution in [1.29, 1.82) is 5.26 Å². The van der Waals surface area contributed by atoms with Gasteiger partial charge in [-0.25, -0.2) is 4.39 Å². The maximum Gasteiger partial charge on any atom is 0.147 e. The molecule has 0 saturated carbocycles. The Morgan fingerprint density at radius 2 is 2.22 bits per heavy atom. The molecule has 0 aliphatic carbocycles. The molecule has 0 atom stereocenters. The second-order valence-corrected chi connectivity index (χ2v) is 4.03. The van der Waals surface area contributed by atoms with Crippen LogP contribution in [0.4, 0.5) is 10.1 Å². The molecule has 0 unspecified atom stereocenters. The first-order valence-corrected chi connectivity index (χ1v) is 5.78. The van der Waals surface area contributed by atoms with Crippen LogP contribution in [0.3, 0.4) is 0 Å². The lowest BCUT2D eigenvalue weighted by Gasteiger charge is -2.16. The minimum atomic E-state index is -0.395. The summed E-state index contributed by atoms with van der Waals surface area (Å²) >= 11 is 0. The Balaban J connectivity index is 2.38. The number of hydrogen-bond acceptors (Lipinski definition) is 4. The van der Waals surface area contributed by atoms with Gasteiger partial charge in [0.1, 0.15) is 5.82 Å². The Kier molecular flexibility index (Phi) is 6.12. The molecule has 0 heterocycles. The fraction of sp³-hybridized carbons (Fsp3) is 0.462. The average Bonchev–Trinajstić information content (AvgIpc) is 2.38. The van der Waals surface area contributed by atoms with Gasteiger partial charge in [0.25, 0.3) is 0 Å². The first kappa shape index (κ1) is 14.4. The highest BCUT2D eigenvalue weighted by molar-refractivity contribution is 5.48. The molecule has 0 aliphatic rings. The zero-order chi connectivity index (χ0) is 13.4. The zero-order valence-electron chi connectivity index (χ0n) is 10.7. The van der Waals surface area contributed by atoms with Crippen LogP contribution in [-0.4, -0.2) is 45.3 Å². The van der Waals surface area contributed by atoms with E-state index in [-0.39, 0.29) is 0 Å². The van der Waals surface area contributed by atoms with Gasteiger partial charge in [0.15, 0.2) is 0 Å². The number of likely N-dealkylation sites (N-methyl/N-ethyl adjacent to an activating group) is 1. The summed E-state index contributed by atoms with van der Waals surface area (Å²) in [6, 6.07) is 6.32. The highest BCUT2D eigenvalue weighted by Crippen LogP contribution is 2.14. The summed E-state index contributed by atoms with van der Waals surface area (Å²) in [6.07, 6.45) is 0. The van der Waals surface area contributed by atoms with Crippen LogP contribution < -0.4 is 5.32 Å². The van der Waals surface area contributed by atoms with Crippen molar-refractivity contribution < 1.29 is 9.13 Å². The molecule has 0 radical (unpaired) electrons. The van der Waals surface area contributed by atoms with Gasteiger partial charge in [0, 0.05) is 26.7 Å². The fourth-order valence-corrected chi connectivity index (χ4v) is 1.47. The number of ether oxygens (including phenoxy) is 1. The lowest BCUT2D eigenvalue weighted by molar-refractivity contribution is 0.163. The van der Waals surface area contributed by atoms with E-state index in [0.29, 0.717) is 24.4 Å². The van der Waals surface area contributed by atoms with Crippen molar-refractivity contribution in [2.24, 2.45) is 0 Å². The van der Waals surface area contributed by atoms with E-state index in [1.807, 2.05) is 13.1 Å². The van der Waals surface area contributed by atoms with E-state index >= 15 is 0 Å². The fourth-order valence-electron chi connectivity index (χ4n) is 1.47. The number of rotatable bonds is 7. The number of anilines is 1. The Labute approximate surface area is 107 Å². The van der Waals surface area contributed by atoms with E-state index in [1.165, 1.54) is 6.07 Å². The first-order chi connectivity index (χ1) is 8.67. The smallest absolute Gasteiger partial charge is 0.147 e. The Hall–Kier alpha value is -1.64. The van der Waals surface area contributed by atoms with Crippen LogP contribution in [0.1, 0.15) is 5.56 Å². The maximum absolute atomic E-state index is 13.5. The van der Waals surface area contributed by atoms with Gasteiger partial charge in [0.05, 0.1) is 23.9 Å². The summed E-state index contributed by atoms with van der Waals surface area (Å²) < 4.78 is 18.5. The Bertz CT molecular complexity index is 417. The summed E-state index contributed by atoms with van der Waals surface area (Å²) in [6.45, 7) is 2.96. The third-order valence-electron chi connectivity index (χ3n) is 2.58. The van der Waals surface area contributed by atoms with E-state index in [4.69, 9.17) is 10.00 Å². The first-order valence-electron chi connectivity index (χ1n) is 5.78. The number of nitrogens with one attached hydrogen (secondary N) is 1. The van der Waals surface area contributed by atoms with Crippen molar-refractivity contribution in [2.45, 2.75) is 0 Å². The van der Waals surface area contributed by atoms with Crippen LogP contribution in [0.5, 0.6) is 0 Å². The molecular formula is C13H18FN3O. The van der Waals surface area contributed by atoms with Gasteiger partial charge in [-0.05, 0) is 25.2 Å². The lowest BCUT2D eigenvalue weighted by atomic mass is 10.2. The molecular weight excluding hydrogens is 233 g/mol. The van der Waals surface area contributed by atoms with Crippen LogP contribution in [0.2, 0.25) is 0 Å². The number of nitrogens with zero attached hydrogens (tertiary/aromatic N) is 2. The van der Waals surface area contributed by atoms with Gasteiger partial charge in [0.2, 0.25) is 0 Å². The molecule has 0 fully saturated rings. The van der Waals surface area contributed by atoms with Crippen LogP contribution >= 0.6 is 0 Å². The lowest BCUT2D eigenvalue weighted by Crippen LogP contribution is -2.28. The van der Waals surface area contributed by atoms with Crippen molar-refractivity contribution in [3.8, 4) is 6.07 Å². The number of benzene rings is 1. The third-order valence-corrected chi connectivity index (χ3v) is 2.58. The molecule has 1 aromatic carbocycles. The molecule has 0 amide bonds. The molecule has 98 valence electrons. The predicted octanol–water partition coefficient (Wildman–Crippen LogP) is 1.69. The van der Waals surface area contributed by atoms with E-state index in [2.05, 4.69) is 10.2 Å². The summed E-state index contributed by atoms with van der Waals surface area (Å²) in [7, 11) is 3.65. The van der Waals surface area contributed by atoms with Crippen LogP contribution in [-0.2, 0) is 4.74 Å². The van der Waals surface area contributed by atoms with Gasteiger partial charge in [-0.1, -0.05) is 0 Å². The molecule has 4 nitrogen and oxygen atoms in total. The quantitative estimate of drug-likeness (QED) is 0.801. The van der Waals surface area contributed by atoms with Crippen LogP contribution in [0.25, 0.3) is 0 Å². The monoisotopic (exact) mass is 251 g/mol. The van der Waals surface area contributed by atoms with Crippen molar-refractivity contribution in [3.05, 3.63) is 29.6 Å². The largest absolute Gasteiger partial charge is 0.383 e. The van der Waals surface area contributed by atoms with E-state index in [9.17, 15) is 4.39 Å². The summed E-state index contributed by atoms with van der Waals surface area (Å²) in [4.78, 5) is 2.10. The van der Waals surface area contributed by atoms with Gasteiger partial charge < -0.3 is 15.0 Å². The highest BCUT2D eigenvalue weighted by Gasteiger charge is 2.03. The number of hydrogen-bond donors (Lipinski definition) is 1. The zero-order valence-corrected chi connectivity index (χ0v) is 10.7. The normalized spacial score (nSPS) is 10.4. The second kappa shape index (κ2) is 7.64. The number of nitriles is 1. The van der Waals surface area contributed by atoms with E-state index in [0.717, 1.165) is 13.1 Å². The molecule has 0 aromatic heterocycles. The summed E-state index contributed by atoms with van der Waals surface area (Å²) in [5, 5.41) is 11.6. The van der Waals surface area contributed by atoms with E-state index < -0.39 is 5.82 Å². The molecule has 1 rings (SSSR count). The third kappa shape index (κ3) is 4.70. The van der Waals surface area contributed by atoms with Crippen molar-refractivity contribution in [2.75, 3.05) is 45.7 Å². The molecule has 0 aliphatic heterocycles. The number of halogens is 1. The molecule has 0 bridgehead atoms. The molecule has 5 heteroatoms. The Morgan fingerprint density at radius 3 is 2.83 bits per heavy atom. The van der Waals surface area contributed by atoms with Gasteiger partial charge >= 0.3 is 0 Å². The van der Waals surface area contributed by atoms with Crippen molar-refractivity contribution in [1.82, 2.24) is 4.90 Å². The minimum absolute atomic E-state index is 0.329. The topological polar surface area (TPSA) is 48.3 Å². The van der Waals surface area contributed by atoms with E-state index in [1.54, 1.807) is 19.2 Å². The molecule has 18 heavy (non-hydrogen) atoms. The highest BCUT2D eigenvalue weighted by atomic mass is 19.1. The number of methoxy groups -OCH3 is 1. The maximum atomic E-state index is 13.5. The van der Waals surface area contributed by atoms with Gasteiger partial charge in [-0.3, -0.25) is 0 Å². The predicted molar refractivity (Wildman–Crippen MR) is 69.0 cm³/mol. The Morgan fingerprint density at radius 1 is 1.44 bits per heavy atom. The standard InChI is InChI=1S/C13H18FN3O/c1-17(7-8-18-2)6-5-16-13-4-3-11(10-15)9-12(13)14/h3-4,9,16H,5-8H2,1-2H3. The molecule has 1 N–H and O–H groups in total. The van der Waals surface area contributed by atoms with Crippen molar-refractivity contribution >= 4 is 5.69 Å². The van der Waals surface area contributed by atoms with Gasteiger partial charge in [-0.15, -0.1) is 0 Å². The second-order valence-electron chi connectivity index (χ2n) is 4.03. The summed E-state index contributed by atoms with van der Waals surface area (Å²) in [5.74, 6) is -0.395. The van der Waals surface area contributed by atoms with Gasteiger partial charge in [-0.2, -0.15) is 5.26 Å².